The predicted octanol–water partition coefficient (Wildman–Crippen LogP) is 1.72. The highest BCUT2D eigenvalue weighted by atomic mass is 16.5. The summed E-state index contributed by atoms with van der Waals surface area (Å²) >= 11 is 0. The SMILES string of the molecule is Cc1noc2c(N)cccc12. The van der Waals surface area contributed by atoms with Gasteiger partial charge in [-0.25, -0.2) is 0 Å². The number of rotatable bonds is 0. The molecular formula is C8H8N2O. The molecule has 0 amide bonds. The van der Waals surface area contributed by atoms with Crippen molar-refractivity contribution in [1.82, 2.24) is 5.16 Å². The maximum absolute atomic E-state index is 5.64. The molecule has 2 aromatic rings. The van der Waals surface area contributed by atoms with E-state index >= 15 is 0 Å². The first-order valence-electron chi connectivity index (χ1n) is 3.39. The maximum Gasteiger partial charge on any atom is 0.189 e. The summed E-state index contributed by atoms with van der Waals surface area (Å²) in [6.45, 7) is 1.89. The lowest BCUT2D eigenvalue weighted by atomic mass is 10.2. The van der Waals surface area contributed by atoms with E-state index in [0.29, 0.717) is 11.3 Å². The van der Waals surface area contributed by atoms with E-state index in [9.17, 15) is 0 Å². The fourth-order valence-electron chi connectivity index (χ4n) is 1.10. The molecular weight excluding hydrogens is 140 g/mol. The third-order valence-electron chi connectivity index (χ3n) is 1.71. The van der Waals surface area contributed by atoms with Crippen LogP contribution >= 0.6 is 0 Å². The molecule has 0 aliphatic heterocycles. The Morgan fingerprint density at radius 3 is 3.00 bits per heavy atom. The van der Waals surface area contributed by atoms with Crippen LogP contribution in [0.15, 0.2) is 22.7 Å². The zero-order valence-corrected chi connectivity index (χ0v) is 6.16. The van der Waals surface area contributed by atoms with E-state index in [1.807, 2.05) is 19.1 Å². The number of nitrogen functional groups attached to an aromatic ring is 1. The standard InChI is InChI=1S/C8H8N2O/c1-5-6-3-2-4-7(9)8(6)11-10-5/h2-4H,9H2,1H3. The molecule has 1 heterocycles. The van der Waals surface area contributed by atoms with Crippen molar-refractivity contribution in [2.75, 3.05) is 5.73 Å². The van der Waals surface area contributed by atoms with E-state index < -0.39 is 0 Å². The third-order valence-corrected chi connectivity index (χ3v) is 1.71. The summed E-state index contributed by atoms with van der Waals surface area (Å²) in [6, 6.07) is 5.63. The Kier molecular flexibility index (Phi) is 1.12. The van der Waals surface area contributed by atoms with E-state index in [2.05, 4.69) is 5.16 Å². The Morgan fingerprint density at radius 1 is 1.45 bits per heavy atom. The second kappa shape index (κ2) is 1.99. The van der Waals surface area contributed by atoms with Crippen LogP contribution in [0, 0.1) is 6.92 Å². The van der Waals surface area contributed by atoms with Gasteiger partial charge in [0.05, 0.1) is 11.4 Å². The van der Waals surface area contributed by atoms with Gasteiger partial charge in [-0.15, -0.1) is 0 Å². The van der Waals surface area contributed by atoms with Crippen molar-refractivity contribution in [3.8, 4) is 0 Å². The molecule has 0 atom stereocenters. The lowest BCUT2D eigenvalue weighted by Crippen LogP contribution is -1.83. The molecule has 0 fully saturated rings. The Balaban J connectivity index is 2.94. The average Bonchev–Trinajstić information content (AvgIpc) is 2.35. The van der Waals surface area contributed by atoms with Crippen LogP contribution < -0.4 is 5.73 Å². The van der Waals surface area contributed by atoms with Gasteiger partial charge in [0.2, 0.25) is 0 Å². The highest BCUT2D eigenvalue weighted by Gasteiger charge is 2.04. The molecule has 0 unspecified atom stereocenters. The topological polar surface area (TPSA) is 52.0 Å². The summed E-state index contributed by atoms with van der Waals surface area (Å²) < 4.78 is 5.00. The first kappa shape index (κ1) is 6.22. The summed E-state index contributed by atoms with van der Waals surface area (Å²) in [4.78, 5) is 0. The second-order valence-corrected chi connectivity index (χ2v) is 2.49. The summed E-state index contributed by atoms with van der Waals surface area (Å²) in [5.74, 6) is 0. The van der Waals surface area contributed by atoms with Crippen molar-refractivity contribution in [3.63, 3.8) is 0 Å². The van der Waals surface area contributed by atoms with Crippen molar-refractivity contribution in [3.05, 3.63) is 23.9 Å². The van der Waals surface area contributed by atoms with E-state index in [1.165, 1.54) is 0 Å². The van der Waals surface area contributed by atoms with Crippen LogP contribution in [-0.4, -0.2) is 5.16 Å². The lowest BCUT2D eigenvalue weighted by molar-refractivity contribution is 0.451. The van der Waals surface area contributed by atoms with Gasteiger partial charge < -0.3 is 10.3 Å². The molecule has 2 N–H and O–H groups in total. The maximum atomic E-state index is 5.64. The molecule has 0 aliphatic rings. The molecule has 0 saturated carbocycles. The Labute approximate surface area is 63.8 Å². The number of fused-ring (bicyclic) bond motifs is 1. The average molecular weight is 148 g/mol. The van der Waals surface area contributed by atoms with Gasteiger partial charge in [-0.3, -0.25) is 0 Å². The number of hydrogen-bond donors (Lipinski definition) is 1. The normalized spacial score (nSPS) is 10.6. The minimum atomic E-state index is 0.642. The first-order chi connectivity index (χ1) is 5.29. The van der Waals surface area contributed by atoms with Crippen LogP contribution in [0.5, 0.6) is 0 Å². The number of benzene rings is 1. The van der Waals surface area contributed by atoms with Gasteiger partial charge in [-0.1, -0.05) is 11.2 Å². The zero-order valence-electron chi connectivity index (χ0n) is 6.16. The van der Waals surface area contributed by atoms with Gasteiger partial charge in [0.15, 0.2) is 5.58 Å². The van der Waals surface area contributed by atoms with E-state index in [1.54, 1.807) is 6.07 Å². The summed E-state index contributed by atoms with van der Waals surface area (Å²) in [6.07, 6.45) is 0. The van der Waals surface area contributed by atoms with E-state index in [-0.39, 0.29) is 0 Å². The molecule has 1 aromatic heterocycles. The van der Waals surface area contributed by atoms with Crippen LogP contribution in [0.4, 0.5) is 5.69 Å². The number of anilines is 1. The highest BCUT2D eigenvalue weighted by molar-refractivity contribution is 5.88. The zero-order chi connectivity index (χ0) is 7.84. The summed E-state index contributed by atoms with van der Waals surface area (Å²) in [5.41, 5.74) is 7.84. The van der Waals surface area contributed by atoms with Crippen LogP contribution in [0.25, 0.3) is 11.0 Å². The first-order valence-corrected chi connectivity index (χ1v) is 3.39. The Hall–Kier alpha value is -1.51. The van der Waals surface area contributed by atoms with Gasteiger partial charge in [0.1, 0.15) is 0 Å². The number of nitrogens with zero attached hydrogens (tertiary/aromatic N) is 1. The van der Waals surface area contributed by atoms with Gasteiger partial charge in [-0.2, -0.15) is 0 Å². The fourth-order valence-corrected chi connectivity index (χ4v) is 1.10. The molecule has 1 aromatic carbocycles. The van der Waals surface area contributed by atoms with Gasteiger partial charge in [0, 0.05) is 5.39 Å². The fraction of sp³-hybridized carbons (Fsp3) is 0.125. The largest absolute Gasteiger partial charge is 0.396 e. The molecule has 0 saturated heterocycles. The number of aromatic nitrogens is 1. The number of hydrogen-bond acceptors (Lipinski definition) is 3. The molecule has 3 nitrogen and oxygen atoms in total. The highest BCUT2D eigenvalue weighted by Crippen LogP contribution is 2.22. The molecule has 0 aliphatic carbocycles. The number of aryl methyl sites for hydroxylation is 1. The Bertz CT molecular complexity index is 392. The van der Waals surface area contributed by atoms with Gasteiger partial charge in [-0.05, 0) is 19.1 Å². The molecule has 0 spiro atoms. The van der Waals surface area contributed by atoms with Crippen molar-refractivity contribution in [2.24, 2.45) is 0 Å². The predicted molar refractivity (Wildman–Crippen MR) is 43.2 cm³/mol. The lowest BCUT2D eigenvalue weighted by Gasteiger charge is -1.90. The van der Waals surface area contributed by atoms with E-state index in [4.69, 9.17) is 10.3 Å². The van der Waals surface area contributed by atoms with Crippen LogP contribution in [0.3, 0.4) is 0 Å². The summed E-state index contributed by atoms with van der Waals surface area (Å²) in [5, 5.41) is 4.79. The quantitative estimate of drug-likeness (QED) is 0.578. The smallest absolute Gasteiger partial charge is 0.189 e. The third kappa shape index (κ3) is 0.774. The van der Waals surface area contributed by atoms with E-state index in [0.717, 1.165) is 11.1 Å². The number of para-hydroxylation sites is 1. The van der Waals surface area contributed by atoms with Crippen LogP contribution in [0.2, 0.25) is 0 Å². The molecule has 2 rings (SSSR count). The molecule has 0 bridgehead atoms. The molecule has 56 valence electrons. The van der Waals surface area contributed by atoms with Crippen molar-refractivity contribution < 1.29 is 4.52 Å². The monoisotopic (exact) mass is 148 g/mol. The Morgan fingerprint density at radius 2 is 2.27 bits per heavy atom. The van der Waals surface area contributed by atoms with Crippen LogP contribution in [0.1, 0.15) is 5.69 Å². The van der Waals surface area contributed by atoms with Crippen LogP contribution in [-0.2, 0) is 0 Å². The van der Waals surface area contributed by atoms with Gasteiger partial charge >= 0.3 is 0 Å². The minimum Gasteiger partial charge on any atom is -0.396 e. The second-order valence-electron chi connectivity index (χ2n) is 2.49. The number of nitrogens with two attached hydrogens (primary N) is 1. The minimum absolute atomic E-state index is 0.642. The molecule has 0 radical (unpaired) electrons. The van der Waals surface area contributed by atoms with Gasteiger partial charge in [0.25, 0.3) is 0 Å². The van der Waals surface area contributed by atoms with Crippen molar-refractivity contribution in [2.45, 2.75) is 6.92 Å². The summed E-state index contributed by atoms with van der Waals surface area (Å²) in [7, 11) is 0. The van der Waals surface area contributed by atoms with Crippen molar-refractivity contribution >= 4 is 16.7 Å². The molecule has 3 heteroatoms. The molecule has 11 heavy (non-hydrogen) atoms. The van der Waals surface area contributed by atoms with Crippen molar-refractivity contribution in [1.29, 1.82) is 0 Å².